The molecule has 0 fully saturated rings. The van der Waals surface area contributed by atoms with Crippen LogP contribution in [0.2, 0.25) is 0 Å². The van der Waals surface area contributed by atoms with Crippen LogP contribution >= 0.6 is 0 Å². The molecule has 2 unspecified atom stereocenters. The van der Waals surface area contributed by atoms with E-state index in [0.29, 0.717) is 18.8 Å². The third-order valence-corrected chi connectivity index (χ3v) is 3.01. The van der Waals surface area contributed by atoms with Crippen molar-refractivity contribution in [2.24, 2.45) is 11.8 Å². The summed E-state index contributed by atoms with van der Waals surface area (Å²) in [5, 5.41) is 10.4. The van der Waals surface area contributed by atoms with Gasteiger partial charge in [0, 0.05) is 6.54 Å². The highest BCUT2D eigenvalue weighted by Crippen LogP contribution is 2.29. The number of ether oxygens (including phenoxy) is 1. The quantitative estimate of drug-likeness (QED) is 0.786. The summed E-state index contributed by atoms with van der Waals surface area (Å²) in [4.78, 5) is 15.9. The summed E-state index contributed by atoms with van der Waals surface area (Å²) >= 11 is 0. The summed E-state index contributed by atoms with van der Waals surface area (Å²) in [6.45, 7) is 8.56. The van der Waals surface area contributed by atoms with Crippen molar-refractivity contribution in [3.63, 3.8) is 0 Å². The lowest BCUT2D eigenvalue weighted by Gasteiger charge is -2.25. The van der Waals surface area contributed by atoms with E-state index in [-0.39, 0.29) is 11.9 Å². The number of aromatic nitrogens is 2. The lowest BCUT2D eigenvalue weighted by atomic mass is 9.88. The first kappa shape index (κ1) is 14.7. The van der Waals surface area contributed by atoms with Crippen molar-refractivity contribution in [3.8, 4) is 0 Å². The monoisotopic (exact) mass is 254 g/mol. The topological polar surface area (TPSA) is 64.3 Å². The van der Waals surface area contributed by atoms with Gasteiger partial charge in [-0.15, -0.1) is 0 Å². The zero-order valence-corrected chi connectivity index (χ0v) is 11.5. The first-order valence-electron chi connectivity index (χ1n) is 6.37. The van der Waals surface area contributed by atoms with E-state index < -0.39 is 12.0 Å². The van der Waals surface area contributed by atoms with Crippen LogP contribution in [0, 0.1) is 11.8 Å². The first-order valence-corrected chi connectivity index (χ1v) is 6.37. The van der Waals surface area contributed by atoms with E-state index in [2.05, 4.69) is 4.98 Å². The van der Waals surface area contributed by atoms with Crippen LogP contribution in [0.1, 0.15) is 39.5 Å². The van der Waals surface area contributed by atoms with Gasteiger partial charge in [0.1, 0.15) is 6.10 Å². The van der Waals surface area contributed by atoms with E-state index >= 15 is 0 Å². The zero-order valence-electron chi connectivity index (χ0n) is 11.5. The van der Waals surface area contributed by atoms with Gasteiger partial charge in [-0.1, -0.05) is 13.8 Å². The van der Waals surface area contributed by atoms with Crippen LogP contribution in [-0.4, -0.2) is 27.2 Å². The molecular formula is C13H22N2O3. The fourth-order valence-corrected chi connectivity index (χ4v) is 2.03. The maximum Gasteiger partial charge on any atom is 0.312 e. The molecule has 1 aromatic heterocycles. The summed E-state index contributed by atoms with van der Waals surface area (Å²) < 4.78 is 6.86. The molecule has 0 aliphatic heterocycles. The minimum Gasteiger partial charge on any atom is -0.466 e. The fourth-order valence-electron chi connectivity index (χ4n) is 2.03. The smallest absolute Gasteiger partial charge is 0.312 e. The predicted molar refractivity (Wildman–Crippen MR) is 67.8 cm³/mol. The molecule has 1 rings (SSSR count). The maximum absolute atomic E-state index is 11.9. The summed E-state index contributed by atoms with van der Waals surface area (Å²) in [6.07, 6.45) is 2.37. The van der Waals surface area contributed by atoms with Gasteiger partial charge in [-0.2, -0.15) is 0 Å². The normalized spacial score (nSPS) is 14.6. The number of carbonyl (C=O) groups is 1. The number of rotatable bonds is 6. The predicted octanol–water partition coefficient (Wildman–Crippen LogP) is 1.77. The molecule has 102 valence electrons. The van der Waals surface area contributed by atoms with Gasteiger partial charge < -0.3 is 14.4 Å². The van der Waals surface area contributed by atoms with Gasteiger partial charge in [0.2, 0.25) is 0 Å². The van der Waals surface area contributed by atoms with Crippen LogP contribution < -0.4 is 0 Å². The summed E-state index contributed by atoms with van der Waals surface area (Å²) in [7, 11) is 0. The highest BCUT2D eigenvalue weighted by Gasteiger charge is 2.33. The second kappa shape index (κ2) is 6.54. The summed E-state index contributed by atoms with van der Waals surface area (Å²) in [5.74, 6) is -0.921. The van der Waals surface area contributed by atoms with E-state index in [9.17, 15) is 9.90 Å². The van der Waals surface area contributed by atoms with Crippen molar-refractivity contribution in [1.29, 1.82) is 0 Å². The zero-order chi connectivity index (χ0) is 13.7. The SMILES string of the molecule is CCOC(=O)C(C(C)C)C(O)c1cncn1CC. The lowest BCUT2D eigenvalue weighted by Crippen LogP contribution is -2.30. The Morgan fingerprint density at radius 2 is 2.17 bits per heavy atom. The molecule has 5 nitrogen and oxygen atoms in total. The van der Waals surface area contributed by atoms with Gasteiger partial charge in [-0.25, -0.2) is 4.98 Å². The second-order valence-corrected chi connectivity index (χ2v) is 4.57. The standard InChI is InChI=1S/C13H22N2O3/c1-5-15-8-14-7-10(15)12(16)11(9(3)4)13(17)18-6-2/h7-9,11-12,16H,5-6H2,1-4H3. The molecule has 5 heteroatoms. The van der Waals surface area contributed by atoms with Gasteiger partial charge in [0.05, 0.1) is 30.7 Å². The molecule has 1 aromatic rings. The van der Waals surface area contributed by atoms with Crippen molar-refractivity contribution >= 4 is 5.97 Å². The van der Waals surface area contributed by atoms with Crippen molar-refractivity contribution in [1.82, 2.24) is 9.55 Å². The van der Waals surface area contributed by atoms with Crippen LogP contribution in [-0.2, 0) is 16.1 Å². The van der Waals surface area contributed by atoms with Crippen LogP contribution in [0.15, 0.2) is 12.5 Å². The van der Waals surface area contributed by atoms with E-state index in [1.807, 2.05) is 25.3 Å². The van der Waals surface area contributed by atoms with Crippen molar-refractivity contribution in [3.05, 3.63) is 18.2 Å². The molecule has 18 heavy (non-hydrogen) atoms. The third-order valence-electron chi connectivity index (χ3n) is 3.01. The van der Waals surface area contributed by atoms with Gasteiger partial charge >= 0.3 is 5.97 Å². The van der Waals surface area contributed by atoms with Gasteiger partial charge in [-0.05, 0) is 19.8 Å². The highest BCUT2D eigenvalue weighted by atomic mass is 16.5. The number of aryl methyl sites for hydroxylation is 1. The van der Waals surface area contributed by atoms with E-state index in [1.165, 1.54) is 0 Å². The largest absolute Gasteiger partial charge is 0.466 e. The van der Waals surface area contributed by atoms with Crippen molar-refractivity contribution < 1.29 is 14.6 Å². The van der Waals surface area contributed by atoms with Crippen LogP contribution in [0.3, 0.4) is 0 Å². The van der Waals surface area contributed by atoms with E-state index in [0.717, 1.165) is 0 Å². The number of nitrogens with zero attached hydrogens (tertiary/aromatic N) is 2. The molecule has 0 bridgehead atoms. The van der Waals surface area contributed by atoms with Crippen molar-refractivity contribution in [2.45, 2.75) is 40.3 Å². The van der Waals surface area contributed by atoms with Gasteiger partial charge in [-0.3, -0.25) is 4.79 Å². The lowest BCUT2D eigenvalue weighted by molar-refractivity contribution is -0.154. The molecule has 0 radical (unpaired) electrons. The number of carbonyl (C=O) groups excluding carboxylic acids is 1. The molecule has 2 atom stereocenters. The molecule has 0 aliphatic rings. The number of imidazole rings is 1. The molecule has 0 saturated carbocycles. The molecule has 0 aliphatic carbocycles. The Hall–Kier alpha value is -1.36. The van der Waals surface area contributed by atoms with Crippen molar-refractivity contribution in [2.75, 3.05) is 6.61 Å². The Morgan fingerprint density at radius 3 is 2.67 bits per heavy atom. The number of aliphatic hydroxyl groups excluding tert-OH is 1. The summed E-state index contributed by atoms with van der Waals surface area (Å²) in [5.41, 5.74) is 0.657. The highest BCUT2D eigenvalue weighted by molar-refractivity contribution is 5.73. The van der Waals surface area contributed by atoms with Crippen LogP contribution in [0.5, 0.6) is 0 Å². The number of esters is 1. The Balaban J connectivity index is 2.96. The molecule has 1 heterocycles. The summed E-state index contributed by atoms with van der Waals surface area (Å²) in [6, 6.07) is 0. The average Bonchev–Trinajstić information content (AvgIpc) is 2.76. The molecule has 0 spiro atoms. The molecule has 0 aromatic carbocycles. The minimum atomic E-state index is -0.883. The third kappa shape index (κ3) is 3.10. The number of hydrogen-bond acceptors (Lipinski definition) is 4. The van der Waals surface area contributed by atoms with Crippen LogP contribution in [0.4, 0.5) is 0 Å². The minimum absolute atomic E-state index is 0.000689. The molecule has 0 saturated heterocycles. The Morgan fingerprint density at radius 1 is 1.50 bits per heavy atom. The second-order valence-electron chi connectivity index (χ2n) is 4.57. The Labute approximate surface area is 108 Å². The van der Waals surface area contributed by atoms with Crippen LogP contribution in [0.25, 0.3) is 0 Å². The Bertz CT molecular complexity index is 387. The maximum atomic E-state index is 11.9. The Kier molecular flexibility index (Phi) is 5.34. The van der Waals surface area contributed by atoms with E-state index in [4.69, 9.17) is 4.74 Å². The molecule has 0 amide bonds. The van der Waals surface area contributed by atoms with E-state index in [1.54, 1.807) is 19.4 Å². The number of aliphatic hydroxyl groups is 1. The average molecular weight is 254 g/mol. The molecular weight excluding hydrogens is 232 g/mol. The molecule has 1 N–H and O–H groups in total. The number of hydrogen-bond donors (Lipinski definition) is 1. The fraction of sp³-hybridized carbons (Fsp3) is 0.692. The first-order chi connectivity index (χ1) is 8.52. The van der Waals surface area contributed by atoms with Gasteiger partial charge in [0.15, 0.2) is 0 Å². The van der Waals surface area contributed by atoms with Gasteiger partial charge in [0.25, 0.3) is 0 Å².